The van der Waals surface area contributed by atoms with Crippen LogP contribution in [0.4, 0.5) is 5.00 Å². The quantitative estimate of drug-likeness (QED) is 0.895. The van der Waals surface area contributed by atoms with Crippen LogP contribution in [0.2, 0.25) is 0 Å². The van der Waals surface area contributed by atoms with E-state index in [1.54, 1.807) is 6.20 Å². The number of benzene rings is 1. The van der Waals surface area contributed by atoms with Gasteiger partial charge in [-0.05, 0) is 31.0 Å². The Morgan fingerprint density at radius 2 is 2.14 bits per heavy atom. The zero-order chi connectivity index (χ0) is 13.4. The lowest BCUT2D eigenvalue weighted by molar-refractivity contribution is 0.102. The highest BCUT2D eigenvalue weighted by Gasteiger charge is 2.34. The molecular weight excluding hydrogens is 329 g/mol. The number of nitrogens with zero attached hydrogens (tertiary/aromatic N) is 1. The summed E-state index contributed by atoms with van der Waals surface area (Å²) in [7, 11) is 0. The fourth-order valence-corrected chi connectivity index (χ4v) is 2.78. The van der Waals surface area contributed by atoms with Crippen molar-refractivity contribution in [1.82, 2.24) is 4.98 Å². The van der Waals surface area contributed by atoms with E-state index in [9.17, 15) is 4.79 Å². The van der Waals surface area contributed by atoms with Gasteiger partial charge in [0.05, 0.1) is 11.2 Å². The number of thiazole rings is 1. The van der Waals surface area contributed by atoms with Gasteiger partial charge < -0.3 is 11.1 Å². The second-order valence-electron chi connectivity index (χ2n) is 4.83. The van der Waals surface area contributed by atoms with E-state index in [2.05, 4.69) is 10.3 Å². The summed E-state index contributed by atoms with van der Waals surface area (Å²) in [6.07, 6.45) is 2.69. The first kappa shape index (κ1) is 17.9. The normalized spacial score (nSPS) is 19.1. The number of nitrogens with two attached hydrogens (primary N) is 1. The number of hydrogen-bond donors (Lipinski definition) is 2. The topological polar surface area (TPSA) is 68.0 Å². The van der Waals surface area contributed by atoms with Gasteiger partial charge in [0.1, 0.15) is 5.00 Å². The Hall–Kier alpha value is -1.14. The van der Waals surface area contributed by atoms with Crippen molar-refractivity contribution >= 4 is 47.1 Å². The molecule has 1 amide bonds. The Morgan fingerprint density at radius 3 is 2.71 bits per heavy atom. The van der Waals surface area contributed by atoms with Crippen molar-refractivity contribution in [3.8, 4) is 0 Å². The van der Waals surface area contributed by atoms with Crippen LogP contribution in [0.25, 0.3) is 0 Å². The van der Waals surface area contributed by atoms with Crippen molar-refractivity contribution in [2.75, 3.05) is 5.32 Å². The number of anilines is 1. The van der Waals surface area contributed by atoms with Crippen molar-refractivity contribution in [3.63, 3.8) is 0 Å². The zero-order valence-electron chi connectivity index (χ0n) is 11.4. The zero-order valence-corrected chi connectivity index (χ0v) is 13.9. The Bertz CT molecular complexity index is 632. The first-order valence-electron chi connectivity index (χ1n) is 6.23. The first-order chi connectivity index (χ1) is 9.13. The van der Waals surface area contributed by atoms with Crippen molar-refractivity contribution in [2.24, 2.45) is 5.73 Å². The fraction of sp³-hybridized carbons (Fsp3) is 0.286. The molecule has 1 aromatic carbocycles. The third-order valence-electron chi connectivity index (χ3n) is 3.27. The smallest absolute Gasteiger partial charge is 0.256 e. The molecule has 2 aromatic rings. The van der Waals surface area contributed by atoms with Crippen LogP contribution in [-0.2, 0) is 0 Å². The second-order valence-corrected chi connectivity index (χ2v) is 6.06. The maximum Gasteiger partial charge on any atom is 0.256 e. The molecule has 2 atom stereocenters. The summed E-state index contributed by atoms with van der Waals surface area (Å²) in [5, 5.41) is 4.57. The van der Waals surface area contributed by atoms with Gasteiger partial charge >= 0.3 is 0 Å². The van der Waals surface area contributed by atoms with Crippen molar-refractivity contribution in [2.45, 2.75) is 25.3 Å². The number of nitrogens with one attached hydrogen (secondary N) is 1. The van der Waals surface area contributed by atoms with Gasteiger partial charge in [-0.2, -0.15) is 0 Å². The van der Waals surface area contributed by atoms with Gasteiger partial charge in [-0.15, -0.1) is 36.2 Å². The molecule has 21 heavy (non-hydrogen) atoms. The van der Waals surface area contributed by atoms with Gasteiger partial charge in [0.25, 0.3) is 5.91 Å². The van der Waals surface area contributed by atoms with Gasteiger partial charge in [-0.25, -0.2) is 4.98 Å². The van der Waals surface area contributed by atoms with E-state index in [1.165, 1.54) is 11.3 Å². The van der Waals surface area contributed by atoms with E-state index in [4.69, 9.17) is 5.73 Å². The van der Waals surface area contributed by atoms with E-state index in [0.29, 0.717) is 11.5 Å². The number of halogens is 2. The molecule has 0 radical (unpaired) electrons. The molecule has 1 aliphatic carbocycles. The van der Waals surface area contributed by atoms with Crippen LogP contribution in [-0.4, -0.2) is 16.9 Å². The summed E-state index contributed by atoms with van der Waals surface area (Å²) >= 11 is 1.47. The highest BCUT2D eigenvalue weighted by Crippen LogP contribution is 2.39. The summed E-state index contributed by atoms with van der Waals surface area (Å²) in [6, 6.07) is 7.95. The largest absolute Gasteiger partial charge is 0.327 e. The number of carbonyl (C=O) groups is 1. The minimum absolute atomic E-state index is 0. The Morgan fingerprint density at radius 1 is 1.43 bits per heavy atom. The van der Waals surface area contributed by atoms with E-state index >= 15 is 0 Å². The summed E-state index contributed by atoms with van der Waals surface area (Å²) in [5.74, 6) is 0.318. The number of carbonyl (C=O) groups excluding carboxylic acids is 1. The lowest BCUT2D eigenvalue weighted by Crippen LogP contribution is -2.11. The molecule has 3 rings (SSSR count). The van der Waals surface area contributed by atoms with Gasteiger partial charge in [-0.3, -0.25) is 4.79 Å². The number of hydrogen-bond acceptors (Lipinski definition) is 4. The average Bonchev–Trinajstić information content (AvgIpc) is 3.00. The van der Waals surface area contributed by atoms with Gasteiger partial charge in [-0.1, -0.05) is 12.1 Å². The summed E-state index contributed by atoms with van der Waals surface area (Å²) in [4.78, 5) is 16.3. The highest BCUT2D eigenvalue weighted by atomic mass is 35.5. The summed E-state index contributed by atoms with van der Waals surface area (Å²) in [6.45, 7) is 1.91. The molecule has 4 nitrogen and oxygen atoms in total. The molecule has 1 aliphatic rings. The second kappa shape index (κ2) is 7.22. The Labute approximate surface area is 140 Å². The predicted octanol–water partition coefficient (Wildman–Crippen LogP) is 3.36. The van der Waals surface area contributed by atoms with Crippen LogP contribution in [0.15, 0.2) is 30.5 Å². The Kier molecular flexibility index (Phi) is 6.16. The molecule has 1 aromatic heterocycles. The predicted molar refractivity (Wildman–Crippen MR) is 91.1 cm³/mol. The van der Waals surface area contributed by atoms with Gasteiger partial charge in [0.15, 0.2) is 0 Å². The van der Waals surface area contributed by atoms with Crippen LogP contribution in [0.1, 0.15) is 33.3 Å². The van der Waals surface area contributed by atoms with E-state index in [0.717, 1.165) is 22.0 Å². The SMILES string of the molecule is Cc1ncc(NC(=O)c2cccc(C3CC3N)c2)s1.Cl.Cl. The number of aryl methyl sites for hydroxylation is 1. The maximum absolute atomic E-state index is 12.1. The standard InChI is InChI=1S/C14H15N3OS.2ClH/c1-8-16-7-13(19-8)17-14(18)10-4-2-3-9(5-10)11-6-12(11)15;;/h2-5,7,11-12H,6,15H2,1H3,(H,17,18);2*1H. The van der Waals surface area contributed by atoms with Gasteiger partial charge in [0.2, 0.25) is 0 Å². The van der Waals surface area contributed by atoms with Crippen molar-refractivity contribution in [3.05, 3.63) is 46.6 Å². The third kappa shape index (κ3) is 4.17. The van der Waals surface area contributed by atoms with E-state index < -0.39 is 0 Å². The molecular formula is C14H17Cl2N3OS. The molecule has 114 valence electrons. The van der Waals surface area contributed by atoms with Crippen LogP contribution >= 0.6 is 36.2 Å². The van der Waals surface area contributed by atoms with E-state index in [-0.39, 0.29) is 36.8 Å². The van der Waals surface area contributed by atoms with Crippen LogP contribution < -0.4 is 11.1 Å². The first-order valence-corrected chi connectivity index (χ1v) is 7.04. The number of aromatic nitrogens is 1. The highest BCUT2D eigenvalue weighted by molar-refractivity contribution is 7.15. The number of rotatable bonds is 3. The van der Waals surface area contributed by atoms with Crippen LogP contribution in [0.5, 0.6) is 0 Å². The molecule has 1 saturated carbocycles. The average molecular weight is 346 g/mol. The third-order valence-corrected chi connectivity index (χ3v) is 4.10. The van der Waals surface area contributed by atoms with E-state index in [1.807, 2.05) is 31.2 Å². The molecule has 1 heterocycles. The minimum atomic E-state index is -0.0975. The lowest BCUT2D eigenvalue weighted by Gasteiger charge is -2.04. The van der Waals surface area contributed by atoms with Crippen molar-refractivity contribution < 1.29 is 4.79 Å². The van der Waals surface area contributed by atoms with Crippen LogP contribution in [0, 0.1) is 6.92 Å². The molecule has 1 fully saturated rings. The lowest BCUT2D eigenvalue weighted by atomic mass is 10.1. The summed E-state index contributed by atoms with van der Waals surface area (Å²) < 4.78 is 0. The monoisotopic (exact) mass is 345 g/mol. The Balaban J connectivity index is 0.00000110. The van der Waals surface area contributed by atoms with Crippen LogP contribution in [0.3, 0.4) is 0 Å². The molecule has 2 unspecified atom stereocenters. The fourth-order valence-electron chi connectivity index (χ4n) is 2.11. The molecule has 3 N–H and O–H groups in total. The molecule has 0 spiro atoms. The molecule has 0 saturated heterocycles. The minimum Gasteiger partial charge on any atom is -0.327 e. The van der Waals surface area contributed by atoms with Crippen molar-refractivity contribution in [1.29, 1.82) is 0 Å². The molecule has 0 bridgehead atoms. The maximum atomic E-state index is 12.1. The molecule has 7 heteroatoms. The van der Waals surface area contributed by atoms with Gasteiger partial charge in [0, 0.05) is 17.5 Å². The number of amides is 1. The summed E-state index contributed by atoms with van der Waals surface area (Å²) in [5.41, 5.74) is 7.67. The molecule has 0 aliphatic heterocycles.